The SMILES string of the molecule is CCc1onc(C)c1[C@@H]1CCCN1S(=O)(=O)c1ccc(Cl)s1. The lowest BCUT2D eigenvalue weighted by atomic mass is 10.0. The fourth-order valence-electron chi connectivity index (χ4n) is 2.97. The molecule has 3 heterocycles. The molecule has 120 valence electrons. The molecule has 0 aromatic carbocycles. The standard InChI is InChI=1S/C14H17ClN2O3S2/c1-3-11-14(9(2)16-20-11)10-5-4-8-17(10)22(18,19)13-7-6-12(15)21-13/h6-7,10H,3-5,8H2,1-2H3/t10-/m0/s1. The van der Waals surface area contributed by atoms with Gasteiger partial charge in [-0.1, -0.05) is 23.7 Å². The number of rotatable bonds is 4. The highest BCUT2D eigenvalue weighted by Gasteiger charge is 2.39. The molecule has 1 aliphatic heterocycles. The minimum atomic E-state index is -3.54. The summed E-state index contributed by atoms with van der Waals surface area (Å²) in [7, 11) is -3.54. The summed E-state index contributed by atoms with van der Waals surface area (Å²) in [6, 6.07) is 2.98. The van der Waals surface area contributed by atoms with E-state index in [4.69, 9.17) is 16.1 Å². The third kappa shape index (κ3) is 2.60. The van der Waals surface area contributed by atoms with Gasteiger partial charge in [-0.3, -0.25) is 0 Å². The molecule has 1 atom stereocenters. The summed E-state index contributed by atoms with van der Waals surface area (Å²) >= 11 is 6.98. The molecule has 0 N–H and O–H groups in total. The molecule has 0 radical (unpaired) electrons. The van der Waals surface area contributed by atoms with Gasteiger partial charge in [-0.15, -0.1) is 11.3 Å². The van der Waals surface area contributed by atoms with Gasteiger partial charge in [0.25, 0.3) is 10.0 Å². The van der Waals surface area contributed by atoms with Crippen molar-refractivity contribution < 1.29 is 12.9 Å². The molecule has 2 aromatic heterocycles. The molecule has 0 aliphatic carbocycles. The van der Waals surface area contributed by atoms with Crippen LogP contribution in [0.15, 0.2) is 20.9 Å². The van der Waals surface area contributed by atoms with Gasteiger partial charge in [0, 0.05) is 18.5 Å². The number of aryl methyl sites for hydroxylation is 2. The van der Waals surface area contributed by atoms with Crippen LogP contribution < -0.4 is 0 Å². The summed E-state index contributed by atoms with van der Waals surface area (Å²) in [6.45, 7) is 4.36. The molecule has 0 bridgehead atoms. The lowest BCUT2D eigenvalue weighted by molar-refractivity contribution is 0.368. The van der Waals surface area contributed by atoms with E-state index in [-0.39, 0.29) is 10.3 Å². The summed E-state index contributed by atoms with van der Waals surface area (Å²) in [5.74, 6) is 0.772. The van der Waals surface area contributed by atoms with E-state index in [0.29, 0.717) is 17.3 Å². The Balaban J connectivity index is 2.02. The minimum Gasteiger partial charge on any atom is -0.361 e. The Labute approximate surface area is 138 Å². The number of sulfonamides is 1. The Morgan fingerprint density at radius 3 is 2.91 bits per heavy atom. The number of nitrogens with zero attached hydrogens (tertiary/aromatic N) is 2. The van der Waals surface area contributed by atoms with Gasteiger partial charge in [-0.25, -0.2) is 8.42 Å². The lowest BCUT2D eigenvalue weighted by Gasteiger charge is -2.23. The van der Waals surface area contributed by atoms with E-state index in [0.717, 1.165) is 41.2 Å². The molecule has 22 heavy (non-hydrogen) atoms. The molecule has 2 aromatic rings. The molecule has 0 spiro atoms. The monoisotopic (exact) mass is 360 g/mol. The van der Waals surface area contributed by atoms with Crippen LogP contribution in [-0.4, -0.2) is 24.4 Å². The van der Waals surface area contributed by atoms with Crippen LogP contribution in [0.4, 0.5) is 0 Å². The summed E-state index contributed by atoms with van der Waals surface area (Å²) in [5, 5.41) is 4.01. The molecule has 3 rings (SSSR count). The smallest absolute Gasteiger partial charge is 0.253 e. The molecule has 5 nitrogen and oxygen atoms in total. The van der Waals surface area contributed by atoms with E-state index in [2.05, 4.69) is 5.16 Å². The van der Waals surface area contributed by atoms with E-state index in [1.54, 1.807) is 16.4 Å². The summed E-state index contributed by atoms with van der Waals surface area (Å²) < 4.78 is 33.4. The molecular formula is C14H17ClN2O3S2. The second-order valence-corrected chi connectivity index (χ2v) is 9.12. The predicted octanol–water partition coefficient (Wildman–Crippen LogP) is 3.79. The third-order valence-electron chi connectivity index (χ3n) is 3.95. The number of thiophene rings is 1. The van der Waals surface area contributed by atoms with E-state index >= 15 is 0 Å². The highest BCUT2D eigenvalue weighted by atomic mass is 35.5. The number of halogens is 1. The second-order valence-electron chi connectivity index (χ2n) is 5.29. The van der Waals surface area contributed by atoms with Gasteiger partial charge in [-0.2, -0.15) is 4.31 Å². The van der Waals surface area contributed by atoms with Gasteiger partial charge in [0.15, 0.2) is 0 Å². The number of aromatic nitrogens is 1. The van der Waals surface area contributed by atoms with E-state index in [1.807, 2.05) is 13.8 Å². The average molecular weight is 361 g/mol. The van der Waals surface area contributed by atoms with Crippen molar-refractivity contribution in [1.82, 2.24) is 9.46 Å². The topological polar surface area (TPSA) is 63.4 Å². The van der Waals surface area contributed by atoms with Gasteiger partial charge in [0.2, 0.25) is 0 Å². The fourth-order valence-corrected chi connectivity index (χ4v) is 6.25. The molecule has 1 aliphatic rings. The van der Waals surface area contributed by atoms with Crippen molar-refractivity contribution in [3.8, 4) is 0 Å². The Hall–Kier alpha value is -0.890. The maximum Gasteiger partial charge on any atom is 0.253 e. The first-order valence-electron chi connectivity index (χ1n) is 7.17. The Morgan fingerprint density at radius 1 is 1.50 bits per heavy atom. The lowest BCUT2D eigenvalue weighted by Crippen LogP contribution is -2.30. The van der Waals surface area contributed by atoms with Crippen LogP contribution in [-0.2, 0) is 16.4 Å². The molecule has 1 saturated heterocycles. The van der Waals surface area contributed by atoms with E-state index in [9.17, 15) is 8.42 Å². The molecule has 0 saturated carbocycles. The highest BCUT2D eigenvalue weighted by molar-refractivity contribution is 7.91. The molecule has 0 unspecified atom stereocenters. The van der Waals surface area contributed by atoms with Gasteiger partial charge >= 0.3 is 0 Å². The van der Waals surface area contributed by atoms with Crippen molar-refractivity contribution >= 4 is 33.0 Å². The fraction of sp³-hybridized carbons (Fsp3) is 0.500. The number of hydrogen-bond acceptors (Lipinski definition) is 5. The highest BCUT2D eigenvalue weighted by Crippen LogP contribution is 2.41. The largest absolute Gasteiger partial charge is 0.361 e. The average Bonchev–Trinajstić information content (AvgIpc) is 3.17. The zero-order chi connectivity index (χ0) is 15.9. The quantitative estimate of drug-likeness (QED) is 0.832. The van der Waals surface area contributed by atoms with Gasteiger partial charge in [0.05, 0.1) is 16.1 Å². The summed E-state index contributed by atoms with van der Waals surface area (Å²) in [4.78, 5) is 0. The first-order valence-corrected chi connectivity index (χ1v) is 9.80. The summed E-state index contributed by atoms with van der Waals surface area (Å²) in [6.07, 6.45) is 2.32. The van der Waals surface area contributed by atoms with Crippen molar-refractivity contribution in [1.29, 1.82) is 0 Å². The van der Waals surface area contributed by atoms with E-state index < -0.39 is 10.0 Å². The first kappa shape index (κ1) is 16.0. The van der Waals surface area contributed by atoms with E-state index in [1.165, 1.54) is 0 Å². The Bertz CT molecular complexity index is 782. The third-order valence-corrected chi connectivity index (χ3v) is 7.56. The molecule has 8 heteroatoms. The van der Waals surface area contributed by atoms with Gasteiger partial charge in [0.1, 0.15) is 9.97 Å². The maximum atomic E-state index is 12.9. The van der Waals surface area contributed by atoms with Crippen LogP contribution in [0.1, 0.15) is 42.8 Å². The van der Waals surface area contributed by atoms with Gasteiger partial charge < -0.3 is 4.52 Å². The van der Waals surface area contributed by atoms with Crippen LogP contribution in [0, 0.1) is 6.92 Å². The van der Waals surface area contributed by atoms with Crippen LogP contribution in [0.25, 0.3) is 0 Å². The van der Waals surface area contributed by atoms with Crippen LogP contribution in [0.5, 0.6) is 0 Å². The van der Waals surface area contributed by atoms with Gasteiger partial charge in [-0.05, 0) is 31.9 Å². The van der Waals surface area contributed by atoms with Crippen LogP contribution in [0.2, 0.25) is 4.34 Å². The van der Waals surface area contributed by atoms with Crippen LogP contribution in [0.3, 0.4) is 0 Å². The molecule has 0 amide bonds. The molecular weight excluding hydrogens is 344 g/mol. The van der Waals surface area contributed by atoms with Crippen molar-refractivity contribution in [2.24, 2.45) is 0 Å². The normalized spacial score (nSPS) is 19.9. The van der Waals surface area contributed by atoms with Crippen molar-refractivity contribution in [2.45, 2.75) is 43.4 Å². The maximum absolute atomic E-state index is 12.9. The Kier molecular flexibility index (Phi) is 4.33. The van der Waals surface area contributed by atoms with Crippen LogP contribution >= 0.6 is 22.9 Å². The first-order chi connectivity index (χ1) is 10.4. The molecule has 1 fully saturated rings. The Morgan fingerprint density at radius 2 is 2.27 bits per heavy atom. The van der Waals surface area contributed by atoms with Crippen molar-refractivity contribution in [3.63, 3.8) is 0 Å². The zero-order valence-electron chi connectivity index (χ0n) is 12.4. The second kappa shape index (κ2) is 5.96. The minimum absolute atomic E-state index is 0.202. The number of hydrogen-bond donors (Lipinski definition) is 0. The predicted molar refractivity (Wildman–Crippen MR) is 85.8 cm³/mol. The van der Waals surface area contributed by atoms with Crippen molar-refractivity contribution in [3.05, 3.63) is 33.5 Å². The zero-order valence-corrected chi connectivity index (χ0v) is 14.8. The van der Waals surface area contributed by atoms with Crippen molar-refractivity contribution in [2.75, 3.05) is 6.54 Å². The summed E-state index contributed by atoms with van der Waals surface area (Å²) in [5.41, 5.74) is 1.69.